The number of benzene rings is 2. The van der Waals surface area contributed by atoms with E-state index in [1.54, 1.807) is 0 Å². The molecule has 1 fully saturated rings. The van der Waals surface area contributed by atoms with Crippen molar-refractivity contribution in [2.75, 3.05) is 6.61 Å². The molecule has 1 saturated heterocycles. The molecule has 0 aromatic heterocycles. The van der Waals surface area contributed by atoms with Crippen LogP contribution in [-0.2, 0) is 4.74 Å². The standard InChI is InChI=1S/C16H16O2/c17-16(11-15-6-3-9-18-15)14-8-7-12-4-1-2-5-13(12)10-14/h1-2,4-5,7-8,10,15H,3,6,9,11H2/t15-/m1/s1. The van der Waals surface area contributed by atoms with E-state index < -0.39 is 0 Å². The molecule has 0 saturated carbocycles. The molecule has 0 N–H and O–H groups in total. The molecule has 1 heterocycles. The number of ether oxygens (including phenoxy) is 1. The minimum atomic E-state index is 0.129. The zero-order chi connectivity index (χ0) is 12.4. The van der Waals surface area contributed by atoms with Gasteiger partial charge in [0.1, 0.15) is 0 Å². The van der Waals surface area contributed by atoms with Crippen LogP contribution in [0.2, 0.25) is 0 Å². The summed E-state index contributed by atoms with van der Waals surface area (Å²) >= 11 is 0. The highest BCUT2D eigenvalue weighted by Crippen LogP contribution is 2.20. The van der Waals surface area contributed by atoms with Crippen molar-refractivity contribution < 1.29 is 9.53 Å². The molecule has 0 radical (unpaired) electrons. The van der Waals surface area contributed by atoms with E-state index in [4.69, 9.17) is 4.74 Å². The summed E-state index contributed by atoms with van der Waals surface area (Å²) < 4.78 is 5.51. The van der Waals surface area contributed by atoms with Crippen LogP contribution < -0.4 is 0 Å². The van der Waals surface area contributed by atoms with E-state index in [2.05, 4.69) is 6.07 Å². The SMILES string of the molecule is O=C(C[C@H]1CCCO1)c1ccc2ccccc2c1. The average Bonchev–Trinajstić information content (AvgIpc) is 2.91. The molecule has 0 unspecified atom stereocenters. The monoisotopic (exact) mass is 240 g/mol. The molecule has 0 bridgehead atoms. The van der Waals surface area contributed by atoms with Gasteiger partial charge in [0.25, 0.3) is 0 Å². The Morgan fingerprint density at radius 3 is 2.78 bits per heavy atom. The first kappa shape index (κ1) is 11.4. The Bertz CT molecular complexity index is 568. The molecule has 1 atom stereocenters. The molecule has 0 amide bonds. The molecule has 2 heteroatoms. The molecule has 1 aliphatic heterocycles. The number of carbonyl (C=O) groups excluding carboxylic acids is 1. The quantitative estimate of drug-likeness (QED) is 0.766. The first-order valence-corrected chi connectivity index (χ1v) is 6.46. The molecule has 0 aliphatic carbocycles. The Kier molecular flexibility index (Phi) is 3.11. The molecular weight excluding hydrogens is 224 g/mol. The van der Waals surface area contributed by atoms with Gasteiger partial charge in [-0.05, 0) is 29.7 Å². The van der Waals surface area contributed by atoms with Crippen molar-refractivity contribution in [1.29, 1.82) is 0 Å². The maximum Gasteiger partial charge on any atom is 0.165 e. The fourth-order valence-electron chi connectivity index (χ4n) is 2.49. The lowest BCUT2D eigenvalue weighted by molar-refractivity contribution is 0.0775. The lowest BCUT2D eigenvalue weighted by atomic mass is 10.0. The predicted octanol–water partition coefficient (Wildman–Crippen LogP) is 3.59. The third-order valence-electron chi connectivity index (χ3n) is 3.51. The second-order valence-corrected chi connectivity index (χ2v) is 4.82. The van der Waals surface area contributed by atoms with Crippen LogP contribution in [0.1, 0.15) is 29.6 Å². The zero-order valence-electron chi connectivity index (χ0n) is 10.3. The molecule has 2 aromatic rings. The summed E-state index contributed by atoms with van der Waals surface area (Å²) in [6.45, 7) is 0.801. The van der Waals surface area contributed by atoms with Crippen molar-refractivity contribution in [3.05, 3.63) is 48.0 Å². The predicted molar refractivity (Wildman–Crippen MR) is 71.9 cm³/mol. The molecule has 2 nitrogen and oxygen atoms in total. The summed E-state index contributed by atoms with van der Waals surface area (Å²) in [6.07, 6.45) is 2.73. The van der Waals surface area contributed by atoms with E-state index in [0.717, 1.165) is 30.4 Å². The van der Waals surface area contributed by atoms with Crippen molar-refractivity contribution in [3.63, 3.8) is 0 Å². The summed E-state index contributed by atoms with van der Waals surface area (Å²) in [5.74, 6) is 0.188. The first-order chi connectivity index (χ1) is 8.83. The highest BCUT2D eigenvalue weighted by molar-refractivity contribution is 6.00. The number of fused-ring (bicyclic) bond motifs is 1. The molecule has 18 heavy (non-hydrogen) atoms. The zero-order valence-corrected chi connectivity index (χ0v) is 10.3. The second kappa shape index (κ2) is 4.91. The van der Waals surface area contributed by atoms with Gasteiger partial charge in [-0.3, -0.25) is 4.79 Å². The maximum atomic E-state index is 12.2. The topological polar surface area (TPSA) is 26.3 Å². The average molecular weight is 240 g/mol. The summed E-state index contributed by atoms with van der Waals surface area (Å²) in [5, 5.41) is 2.29. The van der Waals surface area contributed by atoms with E-state index in [-0.39, 0.29) is 11.9 Å². The molecule has 1 aliphatic rings. The Morgan fingerprint density at radius 2 is 2.00 bits per heavy atom. The normalized spacial score (nSPS) is 19.2. The number of rotatable bonds is 3. The van der Waals surface area contributed by atoms with Crippen molar-refractivity contribution >= 4 is 16.6 Å². The van der Waals surface area contributed by atoms with Gasteiger partial charge in [-0.2, -0.15) is 0 Å². The summed E-state index contributed by atoms with van der Waals surface area (Å²) in [7, 11) is 0. The molecule has 3 rings (SSSR count). The first-order valence-electron chi connectivity index (χ1n) is 6.46. The van der Waals surface area contributed by atoms with Gasteiger partial charge in [-0.1, -0.05) is 36.4 Å². The Labute approximate surface area is 107 Å². The Hall–Kier alpha value is -1.67. The number of carbonyl (C=O) groups is 1. The van der Waals surface area contributed by atoms with E-state index in [1.165, 1.54) is 5.39 Å². The van der Waals surface area contributed by atoms with Crippen LogP contribution in [0.4, 0.5) is 0 Å². The third kappa shape index (κ3) is 2.29. The van der Waals surface area contributed by atoms with Crippen molar-refractivity contribution in [1.82, 2.24) is 0 Å². The van der Waals surface area contributed by atoms with Crippen molar-refractivity contribution in [2.45, 2.75) is 25.4 Å². The fraction of sp³-hybridized carbons (Fsp3) is 0.312. The number of hydrogen-bond acceptors (Lipinski definition) is 2. The largest absolute Gasteiger partial charge is 0.378 e. The van der Waals surface area contributed by atoms with Crippen molar-refractivity contribution in [2.24, 2.45) is 0 Å². The van der Waals surface area contributed by atoms with Gasteiger partial charge in [0.2, 0.25) is 0 Å². The van der Waals surface area contributed by atoms with E-state index >= 15 is 0 Å². The number of ketones is 1. The molecular formula is C16H16O2. The van der Waals surface area contributed by atoms with Crippen LogP contribution in [0.3, 0.4) is 0 Å². The van der Waals surface area contributed by atoms with E-state index in [0.29, 0.717) is 6.42 Å². The second-order valence-electron chi connectivity index (χ2n) is 4.82. The maximum absolute atomic E-state index is 12.2. The van der Waals surface area contributed by atoms with Crippen LogP contribution in [0.5, 0.6) is 0 Å². The Balaban J connectivity index is 1.82. The Morgan fingerprint density at radius 1 is 1.17 bits per heavy atom. The molecule has 0 spiro atoms. The highest BCUT2D eigenvalue weighted by Gasteiger charge is 2.19. The molecule has 92 valence electrons. The number of hydrogen-bond donors (Lipinski definition) is 0. The smallest absolute Gasteiger partial charge is 0.165 e. The van der Waals surface area contributed by atoms with Gasteiger partial charge < -0.3 is 4.74 Å². The van der Waals surface area contributed by atoms with Crippen LogP contribution in [-0.4, -0.2) is 18.5 Å². The van der Waals surface area contributed by atoms with Crippen LogP contribution in [0.15, 0.2) is 42.5 Å². The van der Waals surface area contributed by atoms with E-state index in [9.17, 15) is 4.79 Å². The van der Waals surface area contributed by atoms with Gasteiger partial charge >= 0.3 is 0 Å². The lowest BCUT2D eigenvalue weighted by Crippen LogP contribution is -2.12. The van der Waals surface area contributed by atoms with Gasteiger partial charge in [0.05, 0.1) is 6.10 Å². The minimum Gasteiger partial charge on any atom is -0.378 e. The van der Waals surface area contributed by atoms with Gasteiger partial charge in [0.15, 0.2) is 5.78 Å². The lowest BCUT2D eigenvalue weighted by Gasteiger charge is -2.08. The summed E-state index contributed by atoms with van der Waals surface area (Å²) in [6, 6.07) is 14.0. The number of Topliss-reactive ketones (excluding diaryl/α,β-unsaturated/α-hetero) is 1. The highest BCUT2D eigenvalue weighted by atomic mass is 16.5. The van der Waals surface area contributed by atoms with Crippen molar-refractivity contribution in [3.8, 4) is 0 Å². The van der Waals surface area contributed by atoms with Crippen LogP contribution >= 0.6 is 0 Å². The van der Waals surface area contributed by atoms with E-state index in [1.807, 2.05) is 36.4 Å². The summed E-state index contributed by atoms with van der Waals surface area (Å²) in [4.78, 5) is 12.2. The van der Waals surface area contributed by atoms with Crippen LogP contribution in [0.25, 0.3) is 10.8 Å². The minimum absolute atomic E-state index is 0.129. The fourth-order valence-corrected chi connectivity index (χ4v) is 2.49. The van der Waals surface area contributed by atoms with Gasteiger partial charge in [-0.25, -0.2) is 0 Å². The van der Waals surface area contributed by atoms with Gasteiger partial charge in [0, 0.05) is 18.6 Å². The molecule has 2 aromatic carbocycles. The summed E-state index contributed by atoms with van der Waals surface area (Å²) in [5.41, 5.74) is 0.796. The third-order valence-corrected chi connectivity index (χ3v) is 3.51. The van der Waals surface area contributed by atoms with Crippen LogP contribution in [0, 0.1) is 0 Å². The van der Waals surface area contributed by atoms with Gasteiger partial charge in [-0.15, -0.1) is 0 Å².